The van der Waals surface area contributed by atoms with Crippen LogP contribution in [0.3, 0.4) is 0 Å². The van der Waals surface area contributed by atoms with Gasteiger partial charge in [0.15, 0.2) is 0 Å². The van der Waals surface area contributed by atoms with E-state index in [1.54, 1.807) is 0 Å². The third-order valence-electron chi connectivity index (χ3n) is 4.00. The standard InChI is InChI=1S/C14H28O/c1-3-12(2)11-14(15)10-9-13-7-5-4-6-8-13/h12-15H,3-11H2,1-2H3. The molecule has 0 aliphatic heterocycles. The number of hydrogen-bond donors (Lipinski definition) is 1. The van der Waals surface area contributed by atoms with Crippen molar-refractivity contribution < 1.29 is 5.11 Å². The molecule has 90 valence electrons. The maximum Gasteiger partial charge on any atom is 0.0542 e. The van der Waals surface area contributed by atoms with Crippen molar-refractivity contribution in [2.75, 3.05) is 0 Å². The van der Waals surface area contributed by atoms with Crippen LogP contribution in [-0.4, -0.2) is 11.2 Å². The van der Waals surface area contributed by atoms with Gasteiger partial charge in [-0.3, -0.25) is 0 Å². The molecule has 15 heavy (non-hydrogen) atoms. The largest absolute Gasteiger partial charge is 0.393 e. The van der Waals surface area contributed by atoms with Crippen LogP contribution in [0.15, 0.2) is 0 Å². The van der Waals surface area contributed by atoms with Crippen LogP contribution in [0.25, 0.3) is 0 Å². The van der Waals surface area contributed by atoms with E-state index in [4.69, 9.17) is 0 Å². The molecule has 2 atom stereocenters. The van der Waals surface area contributed by atoms with Crippen LogP contribution in [0.2, 0.25) is 0 Å². The quantitative estimate of drug-likeness (QED) is 0.701. The normalized spacial score (nSPS) is 22.6. The van der Waals surface area contributed by atoms with E-state index in [9.17, 15) is 5.11 Å². The molecule has 0 aromatic rings. The van der Waals surface area contributed by atoms with Gasteiger partial charge >= 0.3 is 0 Å². The van der Waals surface area contributed by atoms with Gasteiger partial charge in [-0.15, -0.1) is 0 Å². The van der Waals surface area contributed by atoms with Crippen LogP contribution in [0.1, 0.15) is 71.6 Å². The molecule has 1 heteroatoms. The summed E-state index contributed by atoms with van der Waals surface area (Å²) in [5.41, 5.74) is 0. The Hall–Kier alpha value is -0.0400. The van der Waals surface area contributed by atoms with Crippen LogP contribution in [0, 0.1) is 11.8 Å². The van der Waals surface area contributed by atoms with Crippen LogP contribution in [-0.2, 0) is 0 Å². The molecule has 0 aromatic heterocycles. The summed E-state index contributed by atoms with van der Waals surface area (Å²) in [6.07, 6.45) is 11.6. The Kier molecular flexibility index (Phi) is 6.31. The molecule has 0 radical (unpaired) electrons. The summed E-state index contributed by atoms with van der Waals surface area (Å²) in [6, 6.07) is 0. The van der Waals surface area contributed by atoms with Crippen LogP contribution < -0.4 is 0 Å². The number of hydrogen-bond acceptors (Lipinski definition) is 1. The predicted molar refractivity (Wildman–Crippen MR) is 65.9 cm³/mol. The molecule has 0 saturated heterocycles. The molecular weight excluding hydrogens is 184 g/mol. The lowest BCUT2D eigenvalue weighted by molar-refractivity contribution is 0.123. The van der Waals surface area contributed by atoms with Gasteiger partial charge < -0.3 is 5.11 Å². The third kappa shape index (κ3) is 5.55. The molecule has 1 saturated carbocycles. The molecule has 1 rings (SSSR count). The van der Waals surface area contributed by atoms with Gasteiger partial charge in [-0.05, 0) is 31.1 Å². The predicted octanol–water partition coefficient (Wildman–Crippen LogP) is 4.14. The van der Waals surface area contributed by atoms with E-state index in [0.29, 0.717) is 5.92 Å². The number of aliphatic hydroxyl groups excluding tert-OH is 1. The summed E-state index contributed by atoms with van der Waals surface area (Å²) in [6.45, 7) is 4.45. The van der Waals surface area contributed by atoms with Crippen molar-refractivity contribution in [2.45, 2.75) is 77.7 Å². The minimum absolute atomic E-state index is 0.0399. The van der Waals surface area contributed by atoms with Crippen molar-refractivity contribution in [3.05, 3.63) is 0 Å². The molecule has 0 heterocycles. The first-order valence-corrected chi connectivity index (χ1v) is 6.90. The van der Waals surface area contributed by atoms with Crippen molar-refractivity contribution in [1.29, 1.82) is 0 Å². The van der Waals surface area contributed by atoms with E-state index in [1.807, 2.05) is 0 Å². The van der Waals surface area contributed by atoms with E-state index < -0.39 is 0 Å². The van der Waals surface area contributed by atoms with Crippen LogP contribution in [0.5, 0.6) is 0 Å². The van der Waals surface area contributed by atoms with Gasteiger partial charge in [0.05, 0.1) is 6.10 Å². The average molecular weight is 212 g/mol. The van der Waals surface area contributed by atoms with Gasteiger partial charge in [-0.2, -0.15) is 0 Å². The molecule has 1 aliphatic carbocycles. The highest BCUT2D eigenvalue weighted by Gasteiger charge is 2.16. The summed E-state index contributed by atoms with van der Waals surface area (Å²) >= 11 is 0. The first-order valence-electron chi connectivity index (χ1n) is 6.90. The summed E-state index contributed by atoms with van der Waals surface area (Å²) in [4.78, 5) is 0. The highest BCUT2D eigenvalue weighted by Crippen LogP contribution is 2.28. The lowest BCUT2D eigenvalue weighted by Gasteiger charge is -2.23. The fourth-order valence-corrected chi connectivity index (χ4v) is 2.65. The molecule has 0 aromatic carbocycles. The summed E-state index contributed by atoms with van der Waals surface area (Å²) < 4.78 is 0. The summed E-state index contributed by atoms with van der Waals surface area (Å²) in [7, 11) is 0. The van der Waals surface area contributed by atoms with Crippen LogP contribution in [0.4, 0.5) is 0 Å². The molecule has 0 spiro atoms. The summed E-state index contributed by atoms with van der Waals surface area (Å²) in [5.74, 6) is 1.61. The lowest BCUT2D eigenvalue weighted by Crippen LogP contribution is -2.14. The zero-order chi connectivity index (χ0) is 11.1. The molecule has 1 N–H and O–H groups in total. The Balaban J connectivity index is 2.07. The molecule has 0 amide bonds. The first kappa shape index (κ1) is 13.0. The molecular formula is C14H28O. The fourth-order valence-electron chi connectivity index (χ4n) is 2.65. The van der Waals surface area contributed by atoms with Gasteiger partial charge in [0.2, 0.25) is 0 Å². The Morgan fingerprint density at radius 1 is 1.20 bits per heavy atom. The zero-order valence-electron chi connectivity index (χ0n) is 10.5. The van der Waals surface area contributed by atoms with Gasteiger partial charge in [0, 0.05) is 0 Å². The highest BCUT2D eigenvalue weighted by molar-refractivity contribution is 4.69. The Morgan fingerprint density at radius 3 is 2.47 bits per heavy atom. The van der Waals surface area contributed by atoms with Crippen molar-refractivity contribution >= 4 is 0 Å². The smallest absolute Gasteiger partial charge is 0.0542 e. The lowest BCUT2D eigenvalue weighted by atomic mass is 9.84. The zero-order valence-corrected chi connectivity index (χ0v) is 10.5. The van der Waals surface area contributed by atoms with E-state index in [-0.39, 0.29) is 6.10 Å². The Morgan fingerprint density at radius 2 is 1.87 bits per heavy atom. The van der Waals surface area contributed by atoms with E-state index in [1.165, 1.54) is 44.9 Å². The van der Waals surface area contributed by atoms with Gasteiger partial charge in [-0.1, -0.05) is 52.4 Å². The van der Waals surface area contributed by atoms with Crippen LogP contribution >= 0.6 is 0 Å². The maximum atomic E-state index is 9.88. The molecule has 0 bridgehead atoms. The topological polar surface area (TPSA) is 20.2 Å². The van der Waals surface area contributed by atoms with Crippen molar-refractivity contribution in [3.8, 4) is 0 Å². The fraction of sp³-hybridized carbons (Fsp3) is 1.00. The monoisotopic (exact) mass is 212 g/mol. The Bertz CT molecular complexity index is 149. The minimum atomic E-state index is -0.0399. The highest BCUT2D eigenvalue weighted by atomic mass is 16.3. The summed E-state index contributed by atoms with van der Waals surface area (Å²) in [5, 5.41) is 9.88. The first-order chi connectivity index (χ1) is 7.22. The van der Waals surface area contributed by atoms with Crippen molar-refractivity contribution in [3.63, 3.8) is 0 Å². The van der Waals surface area contributed by atoms with Gasteiger partial charge in [-0.25, -0.2) is 0 Å². The van der Waals surface area contributed by atoms with Gasteiger partial charge in [0.25, 0.3) is 0 Å². The second-order valence-electron chi connectivity index (χ2n) is 5.48. The molecule has 1 aliphatic rings. The van der Waals surface area contributed by atoms with Crippen molar-refractivity contribution in [1.82, 2.24) is 0 Å². The van der Waals surface area contributed by atoms with Gasteiger partial charge in [0.1, 0.15) is 0 Å². The minimum Gasteiger partial charge on any atom is -0.393 e. The maximum absolute atomic E-state index is 9.88. The Labute approximate surface area is 95.3 Å². The van der Waals surface area contributed by atoms with E-state index in [0.717, 1.165) is 18.8 Å². The average Bonchev–Trinajstić information content (AvgIpc) is 2.27. The number of aliphatic hydroxyl groups is 1. The molecule has 1 fully saturated rings. The second kappa shape index (κ2) is 7.27. The molecule has 1 nitrogen and oxygen atoms in total. The molecule has 2 unspecified atom stereocenters. The second-order valence-corrected chi connectivity index (χ2v) is 5.48. The third-order valence-corrected chi connectivity index (χ3v) is 4.00. The number of rotatable bonds is 6. The van der Waals surface area contributed by atoms with E-state index >= 15 is 0 Å². The SMILES string of the molecule is CCC(C)CC(O)CCC1CCCCC1. The van der Waals surface area contributed by atoms with Crippen molar-refractivity contribution in [2.24, 2.45) is 11.8 Å². The van der Waals surface area contributed by atoms with E-state index in [2.05, 4.69) is 13.8 Å².